The number of aromatic nitrogens is 4. The van der Waals surface area contributed by atoms with Gasteiger partial charge in [0.2, 0.25) is 0 Å². The smallest absolute Gasteiger partial charge is 0.411 e. The number of likely N-dealkylation sites (tertiary alicyclic amines) is 2. The first-order chi connectivity index (χ1) is 30.0. The van der Waals surface area contributed by atoms with Crippen molar-refractivity contribution in [3.63, 3.8) is 0 Å². The van der Waals surface area contributed by atoms with Crippen LogP contribution in [0.1, 0.15) is 91.0 Å². The molecule has 4 aromatic rings. The van der Waals surface area contributed by atoms with E-state index in [2.05, 4.69) is 105 Å². The predicted molar refractivity (Wildman–Crippen MR) is 259 cm³/mol. The molecule has 14 nitrogen and oxygen atoms in total. The number of nitrogens with zero attached hydrogens (tertiary/aromatic N) is 6. The van der Waals surface area contributed by atoms with Crippen LogP contribution in [0.4, 0.5) is 21.0 Å². The summed E-state index contributed by atoms with van der Waals surface area (Å²) in [6.45, 7) is 32.9. The number of hydrogen-bond acceptors (Lipinski definition) is 8. The minimum absolute atomic E-state index is 0.124. The van der Waals surface area contributed by atoms with E-state index in [1.165, 1.54) is 11.4 Å². The lowest BCUT2D eigenvalue weighted by molar-refractivity contribution is -0.717. The molecule has 0 spiro atoms. The Morgan fingerprint density at radius 3 is 1.33 bits per heavy atom. The molecule has 0 bridgehead atoms. The molecule has 64 heavy (non-hydrogen) atoms. The van der Waals surface area contributed by atoms with E-state index in [0.29, 0.717) is 39.8 Å². The third kappa shape index (κ3) is 11.8. The predicted octanol–water partition coefficient (Wildman–Crippen LogP) is 9.32. The maximum Gasteiger partial charge on any atom is 0.411 e. The van der Waals surface area contributed by atoms with Crippen molar-refractivity contribution < 1.29 is 37.7 Å². The largest absolute Gasteiger partial charge is 0.444 e. The molecule has 2 N–H and O–H groups in total. The Bertz CT molecular complexity index is 2100. The molecule has 3 saturated heterocycles. The van der Waals surface area contributed by atoms with E-state index >= 15 is 0 Å². The van der Waals surface area contributed by atoms with Crippen molar-refractivity contribution in [1.82, 2.24) is 19.8 Å². The summed E-state index contributed by atoms with van der Waals surface area (Å²) in [4.78, 5) is 43.1. The molecule has 0 aliphatic carbocycles. The number of carbonyl (C=O) groups is 2. The second-order valence-corrected chi connectivity index (χ2v) is 33.9. The van der Waals surface area contributed by atoms with Crippen LogP contribution in [-0.2, 0) is 32.4 Å². The molecule has 0 radical (unpaired) electrons. The number of anilines is 2. The monoisotopic (exact) mass is 919 g/mol. The highest BCUT2D eigenvalue weighted by Crippen LogP contribution is 2.35. The van der Waals surface area contributed by atoms with Gasteiger partial charge in [-0.2, -0.15) is 0 Å². The van der Waals surface area contributed by atoms with E-state index in [1.54, 1.807) is 0 Å². The number of hydrogen-bond donors (Lipinski definition) is 2. The van der Waals surface area contributed by atoms with Crippen LogP contribution in [0.15, 0.2) is 36.4 Å². The van der Waals surface area contributed by atoms with Gasteiger partial charge in [0, 0.05) is 92.1 Å². The van der Waals surface area contributed by atoms with Gasteiger partial charge < -0.3 is 28.7 Å². The molecule has 2 atom stereocenters. The molecular formula is C48H78N8O6Si2+2. The second-order valence-electron chi connectivity index (χ2n) is 22.6. The fraction of sp³-hybridized carbons (Fsp3) is 0.667. The van der Waals surface area contributed by atoms with Gasteiger partial charge in [-0.15, -0.1) is 0 Å². The number of carbonyl (C=O) groups excluding carboxylic acids is 2. The number of ether oxygens (including phenoxy) is 4. The van der Waals surface area contributed by atoms with E-state index in [4.69, 9.17) is 18.9 Å². The average molecular weight is 919 g/mol. The number of piperazine rings is 1. The molecule has 2 amide bonds. The van der Waals surface area contributed by atoms with Gasteiger partial charge in [-0.1, -0.05) is 39.3 Å². The van der Waals surface area contributed by atoms with Gasteiger partial charge in [0.1, 0.15) is 23.3 Å². The Morgan fingerprint density at radius 1 is 0.609 bits per heavy atom. The quantitative estimate of drug-likeness (QED) is 0.0730. The van der Waals surface area contributed by atoms with Crippen molar-refractivity contribution in [3.8, 4) is 0 Å². The summed E-state index contributed by atoms with van der Waals surface area (Å²) in [7, 11) is -2.55. The first kappa shape index (κ1) is 47.8. The van der Waals surface area contributed by atoms with Crippen molar-refractivity contribution in [1.29, 1.82) is 0 Å². The Kier molecular flexibility index (Phi) is 14.2. The molecule has 16 heteroatoms. The average Bonchev–Trinajstić information content (AvgIpc) is 4.01. The van der Waals surface area contributed by atoms with Crippen molar-refractivity contribution in [2.45, 2.75) is 155 Å². The lowest BCUT2D eigenvalue weighted by Crippen LogP contribution is -2.47. The Morgan fingerprint density at radius 2 is 0.984 bits per heavy atom. The Labute approximate surface area is 383 Å². The summed E-state index contributed by atoms with van der Waals surface area (Å²) >= 11 is 0. The van der Waals surface area contributed by atoms with Crippen molar-refractivity contribution in [2.24, 2.45) is 0 Å². The van der Waals surface area contributed by atoms with Gasteiger partial charge in [-0.3, -0.25) is 9.80 Å². The van der Waals surface area contributed by atoms with Crippen LogP contribution in [0.25, 0.3) is 22.1 Å². The van der Waals surface area contributed by atoms with Crippen molar-refractivity contribution in [2.75, 3.05) is 62.3 Å². The molecule has 352 valence electrons. The molecule has 2 aromatic heterocycles. The number of benzene rings is 2. The Balaban J connectivity index is 1.12. The molecule has 3 aliphatic rings. The zero-order valence-corrected chi connectivity index (χ0v) is 43.1. The summed E-state index contributed by atoms with van der Waals surface area (Å²) in [5.41, 5.74) is 5.45. The van der Waals surface area contributed by atoms with E-state index < -0.39 is 27.3 Å². The third-order valence-corrected chi connectivity index (χ3v) is 15.9. The molecule has 5 heterocycles. The molecular weight excluding hydrogens is 841 g/mol. The zero-order valence-electron chi connectivity index (χ0n) is 41.1. The molecule has 0 saturated carbocycles. The second kappa shape index (κ2) is 19.0. The third-order valence-electron chi connectivity index (χ3n) is 12.5. The highest BCUT2D eigenvalue weighted by atomic mass is 28.3. The lowest BCUT2D eigenvalue weighted by atomic mass is 10.2. The van der Waals surface area contributed by atoms with Crippen molar-refractivity contribution >= 4 is 61.8 Å². The summed E-state index contributed by atoms with van der Waals surface area (Å²) < 4.78 is 29.1. The van der Waals surface area contributed by atoms with E-state index in [1.807, 2.05) is 51.3 Å². The van der Waals surface area contributed by atoms with Crippen molar-refractivity contribution in [3.05, 3.63) is 48.0 Å². The minimum Gasteiger partial charge on any atom is -0.444 e. The van der Waals surface area contributed by atoms with Crippen LogP contribution in [0.2, 0.25) is 51.4 Å². The Hall–Kier alpha value is -4.13. The fourth-order valence-electron chi connectivity index (χ4n) is 9.04. The topological polar surface area (TPSA) is 123 Å². The number of aromatic amines is 2. The molecule has 0 unspecified atom stereocenters. The SMILES string of the molecule is CC(C)(C)OC(=O)N1CCC[C@H]1c1[nH]c2ccc(N3CCN(c4ccc5[nH]c([C@@H]6CCCN6C(=O)OC(C)(C)C)[n+](COCC[Si](C)(C)C)c5c4)CC3)cc2[n+]1COCC[Si](C)(C)C. The lowest BCUT2D eigenvalue weighted by Gasteiger charge is -2.37. The molecule has 7 rings (SSSR count). The maximum atomic E-state index is 13.4. The van der Waals surface area contributed by atoms with Crippen LogP contribution < -0.4 is 18.9 Å². The first-order valence-corrected chi connectivity index (χ1v) is 31.2. The van der Waals surface area contributed by atoms with Gasteiger partial charge in [0.25, 0.3) is 11.6 Å². The summed E-state index contributed by atoms with van der Waals surface area (Å²) in [5.74, 6) is 1.97. The number of amides is 2. The number of H-pyrrole nitrogens is 2. The van der Waals surface area contributed by atoms with E-state index in [-0.39, 0.29) is 24.3 Å². The number of imidazole rings is 2. The van der Waals surface area contributed by atoms with E-state index in [0.717, 1.165) is 97.7 Å². The maximum absolute atomic E-state index is 13.4. The summed E-state index contributed by atoms with van der Waals surface area (Å²) in [5, 5.41) is 0. The highest BCUT2D eigenvalue weighted by molar-refractivity contribution is 6.76. The van der Waals surface area contributed by atoms with Gasteiger partial charge >= 0.3 is 12.2 Å². The summed E-state index contributed by atoms with van der Waals surface area (Å²) in [6, 6.07) is 15.3. The van der Waals surface area contributed by atoms with Crippen LogP contribution in [0.5, 0.6) is 0 Å². The molecule has 2 aromatic carbocycles. The normalized spacial score (nSPS) is 19.1. The van der Waals surface area contributed by atoms with Crippen LogP contribution in [-0.4, -0.2) is 112 Å². The van der Waals surface area contributed by atoms with Gasteiger partial charge in [-0.05, 0) is 104 Å². The van der Waals surface area contributed by atoms with Crippen LogP contribution >= 0.6 is 0 Å². The van der Waals surface area contributed by atoms with Gasteiger partial charge in [-0.25, -0.2) is 28.7 Å². The number of nitrogens with one attached hydrogen (secondary N) is 2. The summed E-state index contributed by atoms with van der Waals surface area (Å²) in [6.07, 6.45) is 3.03. The van der Waals surface area contributed by atoms with Gasteiger partial charge in [0.05, 0.1) is 0 Å². The van der Waals surface area contributed by atoms with Crippen LogP contribution in [0, 0.1) is 0 Å². The van der Waals surface area contributed by atoms with E-state index in [9.17, 15) is 9.59 Å². The molecule has 3 fully saturated rings. The minimum atomic E-state index is -1.28. The van der Waals surface area contributed by atoms with Gasteiger partial charge in [0.15, 0.2) is 35.5 Å². The zero-order chi connectivity index (χ0) is 46.2. The first-order valence-electron chi connectivity index (χ1n) is 23.8. The highest BCUT2D eigenvalue weighted by Gasteiger charge is 2.42. The number of fused-ring (bicyclic) bond motifs is 2. The van der Waals surface area contributed by atoms with Crippen LogP contribution in [0.3, 0.4) is 0 Å². The number of rotatable bonds is 14. The molecule has 3 aliphatic heterocycles. The fourth-order valence-corrected chi connectivity index (χ4v) is 10.6. The standard InChI is InChI=1S/C48H76N8O6Si2/c1-47(2,3)61-45(57)53-21-13-15-39(53)43-49-37-19-17-35(31-41(37)55(43)33-59-27-29-63(7,8)9)51-23-25-52(26-24-51)36-18-20-38-42(32-36)56(34-60-28-30-64(10,11)12)44(50-38)40-16-14-22-54(40)46(58)62-48(4,5)6/h17-20,31-32,39-40H,13-16,21-30,33-34H2,1-12H3/p+2/t39-,40-/m0/s1.